The van der Waals surface area contributed by atoms with E-state index in [1.807, 2.05) is 6.07 Å². The van der Waals surface area contributed by atoms with Gasteiger partial charge in [-0.1, -0.05) is 31.9 Å². The lowest BCUT2D eigenvalue weighted by Gasteiger charge is -2.26. The molecule has 0 saturated heterocycles. The van der Waals surface area contributed by atoms with Crippen molar-refractivity contribution in [1.29, 1.82) is 0 Å². The maximum Gasteiger partial charge on any atom is 0.335 e. The Morgan fingerprint density at radius 3 is 2.86 bits per heavy atom. The Morgan fingerprint density at radius 2 is 2.14 bits per heavy atom. The van der Waals surface area contributed by atoms with Crippen molar-refractivity contribution in [2.75, 3.05) is 6.54 Å². The monoisotopic (exact) mass is 303 g/mol. The van der Waals surface area contributed by atoms with E-state index in [0.29, 0.717) is 30.9 Å². The van der Waals surface area contributed by atoms with E-state index in [1.165, 1.54) is 19.3 Å². The zero-order valence-electron chi connectivity index (χ0n) is 13.2. The number of carboxylic acid groups (broad SMARTS) is 1. The van der Waals surface area contributed by atoms with Crippen molar-refractivity contribution in [2.24, 2.45) is 11.8 Å². The molecule has 0 heterocycles. The third-order valence-electron chi connectivity index (χ3n) is 4.43. The molecule has 1 aliphatic rings. The van der Waals surface area contributed by atoms with E-state index in [1.54, 1.807) is 18.2 Å². The van der Waals surface area contributed by atoms with Crippen LogP contribution in [0.2, 0.25) is 0 Å². The fourth-order valence-corrected chi connectivity index (χ4v) is 3.29. The second-order valence-corrected chi connectivity index (χ2v) is 6.45. The Labute approximate surface area is 131 Å². The molecule has 4 nitrogen and oxygen atoms in total. The van der Waals surface area contributed by atoms with Gasteiger partial charge >= 0.3 is 5.97 Å². The van der Waals surface area contributed by atoms with Crippen molar-refractivity contribution >= 4 is 11.9 Å². The van der Waals surface area contributed by atoms with Gasteiger partial charge in [0.2, 0.25) is 5.91 Å². The van der Waals surface area contributed by atoms with Crippen LogP contribution in [0.1, 0.15) is 54.9 Å². The second-order valence-electron chi connectivity index (χ2n) is 6.45. The summed E-state index contributed by atoms with van der Waals surface area (Å²) in [5, 5.41) is 11.9. The third-order valence-corrected chi connectivity index (χ3v) is 4.43. The molecule has 120 valence electrons. The highest BCUT2D eigenvalue weighted by Gasteiger charge is 2.21. The molecular weight excluding hydrogens is 278 g/mol. The standard InChI is InChI=1S/C18H25NO3/c1-13-4-2-6-15(10-13)12-17(20)19-9-8-14-5-3-7-16(11-14)18(21)22/h3,5,7,11,13,15H,2,4,6,8-10,12H2,1H3,(H,19,20)(H,21,22). The maximum absolute atomic E-state index is 12.0. The molecule has 1 aliphatic carbocycles. The van der Waals surface area contributed by atoms with E-state index in [4.69, 9.17) is 5.11 Å². The van der Waals surface area contributed by atoms with Crippen LogP contribution in [0.15, 0.2) is 24.3 Å². The zero-order chi connectivity index (χ0) is 15.9. The smallest absolute Gasteiger partial charge is 0.335 e. The van der Waals surface area contributed by atoms with E-state index in [2.05, 4.69) is 12.2 Å². The maximum atomic E-state index is 12.0. The first-order valence-electron chi connectivity index (χ1n) is 8.13. The van der Waals surface area contributed by atoms with Crippen LogP contribution in [-0.2, 0) is 11.2 Å². The van der Waals surface area contributed by atoms with Crippen molar-refractivity contribution in [3.8, 4) is 0 Å². The minimum absolute atomic E-state index is 0.119. The topological polar surface area (TPSA) is 66.4 Å². The van der Waals surface area contributed by atoms with E-state index >= 15 is 0 Å². The van der Waals surface area contributed by atoms with Gasteiger partial charge in [-0.15, -0.1) is 0 Å². The molecule has 22 heavy (non-hydrogen) atoms. The summed E-state index contributed by atoms with van der Waals surface area (Å²) in [6.45, 7) is 2.82. The lowest BCUT2D eigenvalue weighted by Crippen LogP contribution is -2.29. The van der Waals surface area contributed by atoms with E-state index < -0.39 is 5.97 Å². The molecule has 1 saturated carbocycles. The van der Waals surface area contributed by atoms with Crippen LogP contribution in [0.25, 0.3) is 0 Å². The molecule has 2 N–H and O–H groups in total. The SMILES string of the molecule is CC1CCCC(CC(=O)NCCc2cccc(C(=O)O)c2)C1. The molecular formula is C18H25NO3. The van der Waals surface area contributed by atoms with Crippen molar-refractivity contribution in [2.45, 2.75) is 45.4 Å². The van der Waals surface area contributed by atoms with Crippen LogP contribution in [0.3, 0.4) is 0 Å². The number of carbonyl (C=O) groups excluding carboxylic acids is 1. The van der Waals surface area contributed by atoms with Gasteiger partial charge in [-0.2, -0.15) is 0 Å². The minimum atomic E-state index is -0.919. The third kappa shape index (κ3) is 5.17. The Balaban J connectivity index is 1.72. The van der Waals surface area contributed by atoms with E-state index in [-0.39, 0.29) is 5.91 Å². The van der Waals surface area contributed by atoms with Crippen LogP contribution >= 0.6 is 0 Å². The van der Waals surface area contributed by atoms with Crippen LogP contribution in [0.4, 0.5) is 0 Å². The molecule has 1 aromatic carbocycles. The second kappa shape index (κ2) is 7.97. The summed E-state index contributed by atoms with van der Waals surface area (Å²) < 4.78 is 0. The first-order chi connectivity index (χ1) is 10.5. The summed E-state index contributed by atoms with van der Waals surface area (Å²) in [7, 11) is 0. The summed E-state index contributed by atoms with van der Waals surface area (Å²) in [6, 6.07) is 6.87. The van der Waals surface area contributed by atoms with Crippen molar-refractivity contribution < 1.29 is 14.7 Å². The highest BCUT2D eigenvalue weighted by atomic mass is 16.4. The van der Waals surface area contributed by atoms with Gasteiger partial charge in [-0.25, -0.2) is 4.79 Å². The molecule has 0 aromatic heterocycles. The predicted molar refractivity (Wildman–Crippen MR) is 85.9 cm³/mol. The lowest BCUT2D eigenvalue weighted by molar-refractivity contribution is -0.122. The zero-order valence-corrected chi connectivity index (χ0v) is 13.2. The number of aromatic carboxylic acids is 1. The van der Waals surface area contributed by atoms with Crippen LogP contribution in [-0.4, -0.2) is 23.5 Å². The Hall–Kier alpha value is -1.84. The molecule has 0 spiro atoms. The van der Waals surface area contributed by atoms with Crippen molar-refractivity contribution in [3.05, 3.63) is 35.4 Å². The highest BCUT2D eigenvalue weighted by molar-refractivity contribution is 5.87. The lowest BCUT2D eigenvalue weighted by atomic mass is 9.81. The molecule has 0 bridgehead atoms. The molecule has 1 fully saturated rings. The molecule has 1 aromatic rings. The quantitative estimate of drug-likeness (QED) is 0.847. The number of carboxylic acids is 1. The molecule has 0 aliphatic heterocycles. The van der Waals surface area contributed by atoms with Gasteiger partial charge in [0.05, 0.1) is 5.56 Å². The first kappa shape index (κ1) is 16.5. The molecule has 1 amide bonds. The fourth-order valence-electron chi connectivity index (χ4n) is 3.29. The van der Waals surface area contributed by atoms with Gasteiger partial charge in [0, 0.05) is 13.0 Å². The van der Waals surface area contributed by atoms with Crippen molar-refractivity contribution in [3.63, 3.8) is 0 Å². The van der Waals surface area contributed by atoms with E-state index in [0.717, 1.165) is 17.9 Å². The summed E-state index contributed by atoms with van der Waals surface area (Å²) in [5.41, 5.74) is 1.23. The Kier molecular flexibility index (Phi) is 5.99. The van der Waals surface area contributed by atoms with Crippen LogP contribution < -0.4 is 5.32 Å². The number of hydrogen-bond donors (Lipinski definition) is 2. The number of carbonyl (C=O) groups is 2. The van der Waals surface area contributed by atoms with Gasteiger partial charge in [-0.3, -0.25) is 4.79 Å². The predicted octanol–water partition coefficient (Wildman–Crippen LogP) is 3.26. The number of rotatable bonds is 6. The summed E-state index contributed by atoms with van der Waals surface area (Å²) in [5.74, 6) is 0.468. The molecule has 2 atom stereocenters. The highest BCUT2D eigenvalue weighted by Crippen LogP contribution is 2.30. The average Bonchev–Trinajstić information content (AvgIpc) is 2.47. The molecule has 0 radical (unpaired) electrons. The number of nitrogens with one attached hydrogen (secondary N) is 1. The summed E-state index contributed by atoms with van der Waals surface area (Å²) in [4.78, 5) is 22.9. The van der Waals surface area contributed by atoms with Crippen LogP contribution in [0, 0.1) is 11.8 Å². The Bertz CT molecular complexity index is 527. The molecule has 2 rings (SSSR count). The minimum Gasteiger partial charge on any atom is -0.478 e. The van der Waals surface area contributed by atoms with Crippen molar-refractivity contribution in [1.82, 2.24) is 5.32 Å². The average molecular weight is 303 g/mol. The normalized spacial score (nSPS) is 21.3. The van der Waals surface area contributed by atoms with E-state index in [9.17, 15) is 9.59 Å². The van der Waals surface area contributed by atoms with Gasteiger partial charge in [-0.05, 0) is 48.8 Å². The summed E-state index contributed by atoms with van der Waals surface area (Å²) in [6.07, 6.45) is 6.14. The van der Waals surface area contributed by atoms with Gasteiger partial charge in [0.15, 0.2) is 0 Å². The molecule has 4 heteroatoms. The van der Waals surface area contributed by atoms with Gasteiger partial charge in [0.1, 0.15) is 0 Å². The number of benzene rings is 1. The first-order valence-corrected chi connectivity index (χ1v) is 8.13. The number of amides is 1. The van der Waals surface area contributed by atoms with Gasteiger partial charge in [0.25, 0.3) is 0 Å². The number of hydrogen-bond acceptors (Lipinski definition) is 2. The fraction of sp³-hybridized carbons (Fsp3) is 0.556. The summed E-state index contributed by atoms with van der Waals surface area (Å²) >= 11 is 0. The Morgan fingerprint density at radius 1 is 1.32 bits per heavy atom. The molecule has 2 unspecified atom stereocenters. The van der Waals surface area contributed by atoms with Gasteiger partial charge < -0.3 is 10.4 Å². The largest absolute Gasteiger partial charge is 0.478 e. The van der Waals surface area contributed by atoms with Crippen LogP contribution in [0.5, 0.6) is 0 Å².